The van der Waals surface area contributed by atoms with E-state index >= 15 is 0 Å². The predicted molar refractivity (Wildman–Crippen MR) is 91.7 cm³/mol. The van der Waals surface area contributed by atoms with Crippen LogP contribution in [0.2, 0.25) is 0 Å². The Bertz CT molecular complexity index is 790. The summed E-state index contributed by atoms with van der Waals surface area (Å²) in [7, 11) is 1.56. The van der Waals surface area contributed by atoms with Crippen molar-refractivity contribution < 1.29 is 14.3 Å². The summed E-state index contributed by atoms with van der Waals surface area (Å²) >= 11 is 0. The molecule has 2 N–H and O–H groups in total. The van der Waals surface area contributed by atoms with E-state index in [0.29, 0.717) is 49.3 Å². The van der Waals surface area contributed by atoms with E-state index < -0.39 is 0 Å². The maximum Gasteiger partial charge on any atom is 0.230 e. The Morgan fingerprint density at radius 3 is 2.92 bits per heavy atom. The second-order valence-electron chi connectivity index (χ2n) is 5.55. The quantitative estimate of drug-likeness (QED) is 0.850. The minimum atomic E-state index is -0.252. The van der Waals surface area contributed by atoms with Gasteiger partial charge in [0, 0.05) is 18.7 Å². The van der Waals surface area contributed by atoms with E-state index in [-0.39, 0.29) is 12.3 Å². The van der Waals surface area contributed by atoms with Crippen molar-refractivity contribution in [1.82, 2.24) is 10.2 Å². The van der Waals surface area contributed by atoms with Gasteiger partial charge in [-0.1, -0.05) is 18.2 Å². The maximum atomic E-state index is 12.3. The van der Waals surface area contributed by atoms with Crippen molar-refractivity contribution >= 4 is 17.5 Å². The zero-order valence-electron chi connectivity index (χ0n) is 13.9. The summed E-state index contributed by atoms with van der Waals surface area (Å²) in [5.41, 5.74) is 1.10. The van der Waals surface area contributed by atoms with Crippen LogP contribution in [-0.4, -0.2) is 49.5 Å². The number of carbonyl (C=O) groups excluding carboxylic acids is 1. The van der Waals surface area contributed by atoms with Crippen molar-refractivity contribution in [1.29, 1.82) is 5.26 Å². The number of H-pyrrole nitrogens is 1. The summed E-state index contributed by atoms with van der Waals surface area (Å²) in [5, 5.41) is 19.1. The van der Waals surface area contributed by atoms with Crippen molar-refractivity contribution in [3.05, 3.63) is 35.4 Å². The largest absolute Gasteiger partial charge is 0.496 e. The van der Waals surface area contributed by atoms with Crippen molar-refractivity contribution in [2.24, 2.45) is 0 Å². The predicted octanol–water partition coefficient (Wildman–Crippen LogP) is 1.31. The van der Waals surface area contributed by atoms with Crippen LogP contribution >= 0.6 is 0 Å². The second kappa shape index (κ2) is 7.68. The third-order valence-electron chi connectivity index (χ3n) is 3.98. The van der Waals surface area contributed by atoms with Gasteiger partial charge in [0.25, 0.3) is 0 Å². The van der Waals surface area contributed by atoms with E-state index in [1.807, 2.05) is 23.1 Å². The number of hydrogen-bond donors (Lipinski definition) is 2. The number of rotatable bonds is 5. The molecule has 8 nitrogen and oxygen atoms in total. The Kier molecular flexibility index (Phi) is 5.16. The molecule has 0 unspecified atom stereocenters. The molecule has 2 aromatic rings. The van der Waals surface area contributed by atoms with Crippen molar-refractivity contribution in [3.63, 3.8) is 0 Å². The van der Waals surface area contributed by atoms with Crippen molar-refractivity contribution in [2.75, 3.05) is 43.6 Å². The number of morpholine rings is 1. The van der Waals surface area contributed by atoms with Crippen molar-refractivity contribution in [2.45, 2.75) is 6.42 Å². The van der Waals surface area contributed by atoms with Crippen LogP contribution < -0.4 is 15.0 Å². The molecule has 1 fully saturated rings. The maximum absolute atomic E-state index is 12.3. The highest BCUT2D eigenvalue weighted by Crippen LogP contribution is 2.25. The lowest BCUT2D eigenvalue weighted by molar-refractivity contribution is -0.115. The first-order valence-electron chi connectivity index (χ1n) is 7.96. The number of aromatic nitrogens is 2. The summed E-state index contributed by atoms with van der Waals surface area (Å²) in [5.74, 6) is 1.25. The molecular formula is C17H19N5O3. The van der Waals surface area contributed by atoms with E-state index in [4.69, 9.17) is 9.47 Å². The fraction of sp³-hybridized carbons (Fsp3) is 0.353. The SMILES string of the molecule is COc1ccccc1CC(=O)Nc1[nH]nc(N2CCOCC2)c1C#N. The van der Waals surface area contributed by atoms with E-state index in [9.17, 15) is 10.1 Å². The number of amides is 1. The van der Waals surface area contributed by atoms with Crippen LogP contribution in [0.3, 0.4) is 0 Å². The van der Waals surface area contributed by atoms with Gasteiger partial charge in [0.1, 0.15) is 23.2 Å². The number of methoxy groups -OCH3 is 1. The van der Waals surface area contributed by atoms with Gasteiger partial charge in [0.05, 0.1) is 26.7 Å². The first-order valence-corrected chi connectivity index (χ1v) is 7.96. The number of hydrogen-bond acceptors (Lipinski definition) is 6. The van der Waals surface area contributed by atoms with Crippen LogP contribution in [0.25, 0.3) is 0 Å². The molecule has 1 aromatic carbocycles. The Morgan fingerprint density at radius 1 is 1.44 bits per heavy atom. The van der Waals surface area contributed by atoms with E-state index in [1.165, 1.54) is 0 Å². The van der Waals surface area contributed by atoms with Crippen LogP contribution in [0, 0.1) is 11.3 Å². The van der Waals surface area contributed by atoms with Gasteiger partial charge in [0.15, 0.2) is 5.82 Å². The first kappa shape index (κ1) is 16.8. The molecule has 1 aromatic heterocycles. The molecule has 1 saturated heterocycles. The molecule has 0 atom stereocenters. The minimum Gasteiger partial charge on any atom is -0.496 e. The number of nitriles is 1. The Morgan fingerprint density at radius 2 is 2.20 bits per heavy atom. The summed E-state index contributed by atoms with van der Waals surface area (Å²) < 4.78 is 10.6. The molecule has 1 aliphatic heterocycles. The van der Waals surface area contributed by atoms with Crippen molar-refractivity contribution in [3.8, 4) is 11.8 Å². The van der Waals surface area contributed by atoms with Crippen LogP contribution in [0.1, 0.15) is 11.1 Å². The highest BCUT2D eigenvalue weighted by atomic mass is 16.5. The number of carbonyl (C=O) groups is 1. The van der Waals surface area contributed by atoms with Gasteiger partial charge in [-0.3, -0.25) is 9.89 Å². The van der Waals surface area contributed by atoms with Gasteiger partial charge in [-0.15, -0.1) is 0 Å². The van der Waals surface area contributed by atoms with Crippen LogP contribution in [0.15, 0.2) is 24.3 Å². The molecule has 0 bridgehead atoms. The number of ether oxygens (including phenoxy) is 2. The molecule has 0 radical (unpaired) electrons. The molecule has 8 heteroatoms. The van der Waals surface area contributed by atoms with Crippen LogP contribution in [0.4, 0.5) is 11.6 Å². The number of benzene rings is 1. The molecular weight excluding hydrogens is 322 g/mol. The fourth-order valence-corrected chi connectivity index (χ4v) is 2.74. The number of anilines is 2. The molecule has 0 spiro atoms. The average Bonchev–Trinajstić information content (AvgIpc) is 3.05. The average molecular weight is 341 g/mol. The normalized spacial score (nSPS) is 14.0. The monoisotopic (exact) mass is 341 g/mol. The topological polar surface area (TPSA) is 103 Å². The number of nitrogens with zero attached hydrogens (tertiary/aromatic N) is 3. The Balaban J connectivity index is 1.73. The second-order valence-corrected chi connectivity index (χ2v) is 5.55. The van der Waals surface area contributed by atoms with E-state index in [1.54, 1.807) is 13.2 Å². The highest BCUT2D eigenvalue weighted by molar-refractivity contribution is 5.93. The summed E-state index contributed by atoms with van der Waals surface area (Å²) in [6.45, 7) is 2.50. The Labute approximate surface area is 145 Å². The van der Waals surface area contributed by atoms with Gasteiger partial charge >= 0.3 is 0 Å². The summed E-state index contributed by atoms with van der Waals surface area (Å²) in [6, 6.07) is 9.44. The fourth-order valence-electron chi connectivity index (χ4n) is 2.74. The summed E-state index contributed by atoms with van der Waals surface area (Å²) in [4.78, 5) is 14.3. The van der Waals surface area contributed by atoms with Gasteiger partial charge in [0.2, 0.25) is 5.91 Å². The van der Waals surface area contributed by atoms with E-state index in [0.717, 1.165) is 5.56 Å². The zero-order chi connectivity index (χ0) is 17.6. The molecule has 130 valence electrons. The standard InChI is InChI=1S/C17H19N5O3/c1-24-14-5-3-2-4-12(14)10-15(23)19-16-13(11-18)17(21-20-16)22-6-8-25-9-7-22/h2-5H,6-10H2,1H3,(H2,19,20,21,23). The minimum absolute atomic E-state index is 0.140. The molecule has 1 aliphatic rings. The van der Waals surface area contributed by atoms with Gasteiger partial charge < -0.3 is 19.7 Å². The molecule has 1 amide bonds. The summed E-state index contributed by atoms with van der Waals surface area (Å²) in [6.07, 6.45) is 0.140. The van der Waals surface area contributed by atoms with E-state index in [2.05, 4.69) is 21.6 Å². The highest BCUT2D eigenvalue weighted by Gasteiger charge is 2.22. The lowest BCUT2D eigenvalue weighted by Gasteiger charge is -2.26. The number of nitrogens with one attached hydrogen (secondary N) is 2. The van der Waals surface area contributed by atoms with Crippen LogP contribution in [-0.2, 0) is 16.0 Å². The lowest BCUT2D eigenvalue weighted by atomic mass is 10.1. The third-order valence-corrected chi connectivity index (χ3v) is 3.98. The van der Waals surface area contributed by atoms with Gasteiger partial charge in [-0.2, -0.15) is 10.4 Å². The third kappa shape index (κ3) is 3.72. The van der Waals surface area contributed by atoms with Gasteiger partial charge in [-0.05, 0) is 6.07 Å². The molecule has 2 heterocycles. The number of aromatic amines is 1. The molecule has 0 aliphatic carbocycles. The molecule has 3 rings (SSSR count). The number of para-hydroxylation sites is 1. The smallest absolute Gasteiger partial charge is 0.230 e. The molecule has 0 saturated carbocycles. The molecule has 25 heavy (non-hydrogen) atoms. The zero-order valence-corrected chi connectivity index (χ0v) is 13.9. The van der Waals surface area contributed by atoms with Gasteiger partial charge in [-0.25, -0.2) is 0 Å². The first-order chi connectivity index (χ1) is 12.2. The Hall–Kier alpha value is -3.05. The lowest BCUT2D eigenvalue weighted by Crippen LogP contribution is -2.36. The van der Waals surface area contributed by atoms with Crippen LogP contribution in [0.5, 0.6) is 5.75 Å².